The molecule has 1 aromatic carbocycles. The number of rotatable bonds is 3. The summed E-state index contributed by atoms with van der Waals surface area (Å²) in [5.41, 5.74) is 9.78. The average Bonchev–Trinajstić information content (AvgIpc) is 2.84. The largest absolute Gasteiger partial charge is 0.383 e. The van der Waals surface area contributed by atoms with Crippen LogP contribution in [0.3, 0.4) is 0 Å². The van der Waals surface area contributed by atoms with Crippen molar-refractivity contribution in [2.24, 2.45) is 0 Å². The van der Waals surface area contributed by atoms with Crippen molar-refractivity contribution in [2.45, 2.75) is 13.8 Å². The van der Waals surface area contributed by atoms with Crippen LogP contribution in [0.1, 0.15) is 11.1 Å². The summed E-state index contributed by atoms with van der Waals surface area (Å²) in [7, 11) is 0. The molecule has 0 saturated heterocycles. The van der Waals surface area contributed by atoms with Gasteiger partial charge in [0, 0.05) is 17.3 Å². The molecule has 0 atom stereocenters. The summed E-state index contributed by atoms with van der Waals surface area (Å²) >= 11 is 1.47. The van der Waals surface area contributed by atoms with Crippen LogP contribution in [-0.2, 0) is 0 Å². The molecule has 2 heterocycles. The predicted molar refractivity (Wildman–Crippen MR) is 86.8 cm³/mol. The van der Waals surface area contributed by atoms with Crippen molar-refractivity contribution < 1.29 is 0 Å². The molecule has 0 radical (unpaired) electrons. The van der Waals surface area contributed by atoms with Gasteiger partial charge >= 0.3 is 0 Å². The lowest BCUT2D eigenvalue weighted by molar-refractivity contribution is 1.16. The molecule has 0 saturated carbocycles. The van der Waals surface area contributed by atoms with E-state index in [0.29, 0.717) is 11.8 Å². The lowest BCUT2D eigenvalue weighted by Gasteiger charge is -2.07. The van der Waals surface area contributed by atoms with Gasteiger partial charge in [-0.15, -0.1) is 11.3 Å². The van der Waals surface area contributed by atoms with Crippen LogP contribution in [0, 0.1) is 13.8 Å². The summed E-state index contributed by atoms with van der Waals surface area (Å²) in [6.07, 6.45) is 1.71. The molecule has 2 aromatic heterocycles. The quantitative estimate of drug-likeness (QED) is 0.773. The summed E-state index contributed by atoms with van der Waals surface area (Å²) in [6.45, 7) is 4.13. The topological polar surface area (TPSA) is 76.7 Å². The summed E-state index contributed by atoms with van der Waals surface area (Å²) < 4.78 is 0. The molecule has 5 nitrogen and oxygen atoms in total. The first-order chi connectivity index (χ1) is 10.1. The van der Waals surface area contributed by atoms with Gasteiger partial charge in [0.1, 0.15) is 16.5 Å². The van der Waals surface area contributed by atoms with Crippen molar-refractivity contribution in [3.63, 3.8) is 0 Å². The van der Waals surface area contributed by atoms with Gasteiger partial charge < -0.3 is 11.1 Å². The number of anilines is 3. The zero-order valence-corrected chi connectivity index (χ0v) is 12.6. The molecular formula is C15H15N5S. The monoisotopic (exact) mass is 297 g/mol. The number of aryl methyl sites for hydroxylation is 2. The molecule has 0 aliphatic rings. The minimum Gasteiger partial charge on any atom is -0.383 e. The van der Waals surface area contributed by atoms with Gasteiger partial charge in [0.25, 0.3) is 0 Å². The predicted octanol–water partition coefficient (Wildman–Crippen LogP) is 3.54. The molecule has 21 heavy (non-hydrogen) atoms. The number of hydrogen-bond acceptors (Lipinski definition) is 6. The van der Waals surface area contributed by atoms with Crippen LogP contribution in [0.25, 0.3) is 10.7 Å². The molecule has 0 amide bonds. The van der Waals surface area contributed by atoms with Crippen LogP contribution in [0.5, 0.6) is 0 Å². The normalized spacial score (nSPS) is 10.6. The maximum Gasteiger partial charge on any atom is 0.227 e. The molecule has 106 valence electrons. The fourth-order valence-corrected chi connectivity index (χ4v) is 2.80. The van der Waals surface area contributed by atoms with Gasteiger partial charge in [-0.25, -0.2) is 15.0 Å². The van der Waals surface area contributed by atoms with Gasteiger partial charge in [-0.05, 0) is 43.2 Å². The molecule has 0 bridgehead atoms. The van der Waals surface area contributed by atoms with Gasteiger partial charge in [0.2, 0.25) is 5.95 Å². The van der Waals surface area contributed by atoms with Gasteiger partial charge in [-0.3, -0.25) is 0 Å². The molecular weight excluding hydrogens is 282 g/mol. The minimum absolute atomic E-state index is 0.512. The maximum atomic E-state index is 5.65. The highest BCUT2D eigenvalue weighted by atomic mass is 32.1. The molecule has 0 fully saturated rings. The summed E-state index contributed by atoms with van der Waals surface area (Å²) in [4.78, 5) is 13.0. The Kier molecular flexibility index (Phi) is 3.53. The van der Waals surface area contributed by atoms with E-state index in [1.54, 1.807) is 11.6 Å². The fourth-order valence-electron chi connectivity index (χ4n) is 2.12. The van der Waals surface area contributed by atoms with Crippen LogP contribution in [0.2, 0.25) is 0 Å². The number of benzene rings is 1. The Morgan fingerprint density at radius 1 is 1.10 bits per heavy atom. The first kappa shape index (κ1) is 13.5. The van der Waals surface area contributed by atoms with E-state index in [9.17, 15) is 0 Å². The SMILES string of the molecule is Cc1cc(C)cc(Nc2nccc(-c3nc(N)cs3)n2)c1. The highest BCUT2D eigenvalue weighted by Crippen LogP contribution is 2.24. The van der Waals surface area contributed by atoms with Crippen molar-refractivity contribution in [3.8, 4) is 10.7 Å². The van der Waals surface area contributed by atoms with E-state index >= 15 is 0 Å². The van der Waals surface area contributed by atoms with Crippen LogP contribution >= 0.6 is 11.3 Å². The smallest absolute Gasteiger partial charge is 0.227 e. The number of hydrogen-bond donors (Lipinski definition) is 2. The van der Waals surface area contributed by atoms with E-state index < -0.39 is 0 Å². The molecule has 0 spiro atoms. The Bertz CT molecular complexity index is 761. The molecule has 0 unspecified atom stereocenters. The number of nitrogens with two attached hydrogens (primary N) is 1. The Labute approximate surface area is 126 Å². The van der Waals surface area contributed by atoms with Crippen molar-refractivity contribution in [3.05, 3.63) is 47.0 Å². The van der Waals surface area contributed by atoms with Crippen molar-refractivity contribution in [1.29, 1.82) is 0 Å². The third kappa shape index (κ3) is 3.17. The van der Waals surface area contributed by atoms with Gasteiger partial charge in [0.15, 0.2) is 0 Å². The Morgan fingerprint density at radius 2 is 1.86 bits per heavy atom. The lowest BCUT2D eigenvalue weighted by Crippen LogP contribution is -1.98. The Balaban J connectivity index is 1.89. The minimum atomic E-state index is 0.512. The van der Waals surface area contributed by atoms with Crippen molar-refractivity contribution in [2.75, 3.05) is 11.1 Å². The van der Waals surface area contributed by atoms with Gasteiger partial charge in [0.05, 0.1) is 0 Å². The molecule has 3 aromatic rings. The Hall–Kier alpha value is -2.47. The lowest BCUT2D eigenvalue weighted by atomic mass is 10.1. The van der Waals surface area contributed by atoms with Crippen molar-refractivity contribution >= 4 is 28.8 Å². The summed E-state index contributed by atoms with van der Waals surface area (Å²) in [5.74, 6) is 1.06. The number of thiazole rings is 1. The van der Waals surface area contributed by atoms with Gasteiger partial charge in [-0.1, -0.05) is 6.07 Å². The first-order valence-electron chi connectivity index (χ1n) is 6.50. The second-order valence-electron chi connectivity index (χ2n) is 4.84. The number of nitrogen functional groups attached to an aromatic ring is 1. The van der Waals surface area contributed by atoms with Crippen LogP contribution in [0.15, 0.2) is 35.8 Å². The zero-order valence-electron chi connectivity index (χ0n) is 11.8. The highest BCUT2D eigenvalue weighted by Gasteiger charge is 2.07. The molecule has 0 aliphatic heterocycles. The first-order valence-corrected chi connectivity index (χ1v) is 7.38. The van der Waals surface area contributed by atoms with Gasteiger partial charge in [-0.2, -0.15) is 0 Å². The summed E-state index contributed by atoms with van der Waals surface area (Å²) in [5, 5.41) is 5.82. The number of aromatic nitrogens is 3. The zero-order chi connectivity index (χ0) is 14.8. The van der Waals surface area contributed by atoms with Crippen molar-refractivity contribution in [1.82, 2.24) is 15.0 Å². The van der Waals surface area contributed by atoms with Crippen LogP contribution in [0.4, 0.5) is 17.5 Å². The van der Waals surface area contributed by atoms with E-state index in [1.807, 2.05) is 6.07 Å². The number of nitrogens with one attached hydrogen (secondary N) is 1. The van der Waals surface area contributed by atoms with Crippen LogP contribution in [-0.4, -0.2) is 15.0 Å². The summed E-state index contributed by atoms with van der Waals surface area (Å²) in [6, 6.07) is 8.07. The second kappa shape index (κ2) is 5.49. The molecule has 0 aliphatic carbocycles. The fraction of sp³-hybridized carbons (Fsp3) is 0.133. The third-order valence-electron chi connectivity index (χ3n) is 2.87. The van der Waals surface area contributed by atoms with E-state index in [2.05, 4.69) is 52.3 Å². The van der Waals surface area contributed by atoms with E-state index in [4.69, 9.17) is 5.73 Å². The van der Waals surface area contributed by atoms with E-state index in [0.717, 1.165) is 16.4 Å². The molecule has 6 heteroatoms. The Morgan fingerprint density at radius 3 is 2.52 bits per heavy atom. The van der Waals surface area contributed by atoms with E-state index in [1.165, 1.54) is 22.5 Å². The highest BCUT2D eigenvalue weighted by molar-refractivity contribution is 7.13. The molecule has 3 N–H and O–H groups in total. The molecule has 3 rings (SSSR count). The third-order valence-corrected chi connectivity index (χ3v) is 3.76. The second-order valence-corrected chi connectivity index (χ2v) is 5.70. The average molecular weight is 297 g/mol. The van der Waals surface area contributed by atoms with Crippen LogP contribution < -0.4 is 11.1 Å². The number of nitrogens with zero attached hydrogens (tertiary/aromatic N) is 3. The standard InChI is InChI=1S/C15H15N5S/c1-9-5-10(2)7-11(6-9)18-15-17-4-3-12(19-15)14-20-13(16)8-21-14/h3-8H,16H2,1-2H3,(H,17,18,19). The maximum absolute atomic E-state index is 5.65. The van der Waals surface area contributed by atoms with E-state index in [-0.39, 0.29) is 0 Å².